The van der Waals surface area contributed by atoms with Crippen LogP contribution in [0.2, 0.25) is 0 Å². The molecular weight excluding hydrogens is 340 g/mol. The number of aromatic amines is 1. The molecule has 2 rings (SSSR count). The van der Waals surface area contributed by atoms with E-state index in [0.29, 0.717) is 39.0 Å². The van der Waals surface area contributed by atoms with Gasteiger partial charge < -0.3 is 14.2 Å². The Hall–Kier alpha value is -3.10. The number of nitrogens with one attached hydrogen (secondary N) is 1. The van der Waals surface area contributed by atoms with E-state index in [4.69, 9.17) is 19.9 Å². The molecule has 0 atom stereocenters. The number of ether oxygens (including phenoxy) is 3. The van der Waals surface area contributed by atoms with Crippen molar-refractivity contribution in [3.63, 3.8) is 0 Å². The Bertz CT molecular complexity index is 875. The molecule has 0 unspecified atom stereocenters. The average molecular weight is 357 g/mol. The minimum absolute atomic E-state index is 0.184. The minimum Gasteiger partial charge on any atom is -0.493 e. The highest BCUT2D eigenvalue weighted by molar-refractivity contribution is 7.98. The maximum Gasteiger partial charge on any atom is 0.289 e. The molecular formula is C17H17N4O3S+. The number of nitriles is 2. The zero-order chi connectivity index (χ0) is 18.6. The van der Waals surface area contributed by atoms with Crippen molar-refractivity contribution in [2.24, 2.45) is 0 Å². The molecule has 8 heteroatoms. The van der Waals surface area contributed by atoms with Gasteiger partial charge in [0.25, 0.3) is 5.82 Å². The summed E-state index contributed by atoms with van der Waals surface area (Å²) in [4.78, 5) is 2.89. The summed E-state index contributed by atoms with van der Waals surface area (Å²) in [6.07, 6.45) is 1.82. The van der Waals surface area contributed by atoms with Crippen molar-refractivity contribution in [3.8, 4) is 40.5 Å². The number of aromatic nitrogens is 1. The quantitative estimate of drug-likeness (QED) is 0.816. The van der Waals surface area contributed by atoms with Gasteiger partial charge in [-0.1, -0.05) is 11.8 Å². The fourth-order valence-corrected chi connectivity index (χ4v) is 3.07. The molecule has 128 valence electrons. The zero-order valence-corrected chi connectivity index (χ0v) is 15.1. The Morgan fingerprint density at radius 3 is 1.96 bits per heavy atom. The van der Waals surface area contributed by atoms with Crippen LogP contribution in [-0.2, 0) is 0 Å². The van der Waals surface area contributed by atoms with E-state index in [9.17, 15) is 10.5 Å². The van der Waals surface area contributed by atoms with Crippen molar-refractivity contribution >= 4 is 17.6 Å². The Morgan fingerprint density at radius 2 is 1.56 bits per heavy atom. The summed E-state index contributed by atoms with van der Waals surface area (Å²) in [5.41, 5.74) is 7.48. The van der Waals surface area contributed by atoms with Crippen molar-refractivity contribution in [1.82, 2.24) is 0 Å². The number of hydrogen-bond donors (Lipinski definition) is 1. The Morgan fingerprint density at radius 1 is 1.00 bits per heavy atom. The van der Waals surface area contributed by atoms with E-state index in [-0.39, 0.29) is 11.4 Å². The Balaban J connectivity index is 2.94. The normalized spacial score (nSPS) is 9.84. The predicted octanol–water partition coefficient (Wildman–Crippen LogP) is 2.24. The lowest BCUT2D eigenvalue weighted by Gasteiger charge is -2.15. The average Bonchev–Trinajstić information content (AvgIpc) is 2.65. The molecule has 3 N–H and O–H groups in total. The molecule has 0 aliphatic heterocycles. The van der Waals surface area contributed by atoms with Crippen molar-refractivity contribution in [3.05, 3.63) is 23.3 Å². The monoisotopic (exact) mass is 357 g/mol. The fraction of sp³-hybridized carbons (Fsp3) is 0.235. The number of methoxy groups -OCH3 is 3. The van der Waals surface area contributed by atoms with E-state index in [1.165, 1.54) is 33.1 Å². The first kappa shape index (κ1) is 18.2. The Labute approximate surface area is 149 Å². The van der Waals surface area contributed by atoms with Crippen LogP contribution in [0.4, 0.5) is 5.82 Å². The number of thioether (sulfide) groups is 1. The van der Waals surface area contributed by atoms with Crippen LogP contribution in [0.25, 0.3) is 11.1 Å². The summed E-state index contributed by atoms with van der Waals surface area (Å²) < 4.78 is 16.0. The summed E-state index contributed by atoms with van der Waals surface area (Å²) >= 11 is 1.34. The lowest BCUT2D eigenvalue weighted by molar-refractivity contribution is -0.410. The first-order chi connectivity index (χ1) is 12.1. The van der Waals surface area contributed by atoms with Crippen molar-refractivity contribution in [2.45, 2.75) is 5.03 Å². The van der Waals surface area contributed by atoms with Gasteiger partial charge in [0.05, 0.1) is 21.3 Å². The van der Waals surface area contributed by atoms with Gasteiger partial charge in [-0.25, -0.2) is 4.98 Å². The van der Waals surface area contributed by atoms with Gasteiger partial charge in [-0.15, -0.1) is 0 Å². The smallest absolute Gasteiger partial charge is 0.289 e. The summed E-state index contributed by atoms with van der Waals surface area (Å²) in [7, 11) is 4.50. The van der Waals surface area contributed by atoms with Crippen LogP contribution in [0.5, 0.6) is 17.2 Å². The molecule has 7 nitrogen and oxygen atoms in total. The predicted molar refractivity (Wildman–Crippen MR) is 93.7 cm³/mol. The second kappa shape index (κ2) is 7.65. The van der Waals surface area contributed by atoms with Crippen molar-refractivity contribution in [2.75, 3.05) is 33.3 Å². The highest BCUT2D eigenvalue weighted by Gasteiger charge is 2.25. The van der Waals surface area contributed by atoms with Crippen LogP contribution in [0.1, 0.15) is 11.1 Å². The minimum atomic E-state index is 0.184. The number of rotatable bonds is 5. The van der Waals surface area contributed by atoms with Crippen LogP contribution in [0, 0.1) is 22.7 Å². The summed E-state index contributed by atoms with van der Waals surface area (Å²) in [6, 6.07) is 7.57. The van der Waals surface area contributed by atoms with Crippen LogP contribution in [0.3, 0.4) is 0 Å². The number of pyridine rings is 1. The molecule has 0 aliphatic carbocycles. The number of nitrogens with zero attached hydrogens (tertiary/aromatic N) is 2. The fourth-order valence-electron chi connectivity index (χ4n) is 2.51. The summed E-state index contributed by atoms with van der Waals surface area (Å²) in [5, 5.41) is 19.8. The number of hydrogen-bond acceptors (Lipinski definition) is 7. The maximum absolute atomic E-state index is 9.64. The highest BCUT2D eigenvalue weighted by Crippen LogP contribution is 2.43. The molecule has 0 saturated heterocycles. The van der Waals surface area contributed by atoms with Gasteiger partial charge in [-0.3, -0.25) is 5.73 Å². The number of nitrogen functional groups attached to an aromatic ring is 1. The van der Waals surface area contributed by atoms with Crippen LogP contribution >= 0.6 is 11.8 Å². The first-order valence-corrected chi connectivity index (χ1v) is 8.31. The third-order valence-corrected chi connectivity index (χ3v) is 4.34. The lowest BCUT2D eigenvalue weighted by Crippen LogP contribution is -2.18. The molecule has 0 amide bonds. The van der Waals surface area contributed by atoms with Gasteiger partial charge in [0, 0.05) is 5.56 Å². The van der Waals surface area contributed by atoms with E-state index in [0.717, 1.165) is 0 Å². The zero-order valence-electron chi connectivity index (χ0n) is 14.3. The highest BCUT2D eigenvalue weighted by atomic mass is 32.2. The summed E-state index contributed by atoms with van der Waals surface area (Å²) in [6.45, 7) is 0. The second-order valence-corrected chi connectivity index (χ2v) is 5.65. The van der Waals surface area contributed by atoms with Gasteiger partial charge in [-0.2, -0.15) is 10.5 Å². The van der Waals surface area contributed by atoms with E-state index in [2.05, 4.69) is 17.1 Å². The van der Waals surface area contributed by atoms with Crippen molar-refractivity contribution < 1.29 is 19.2 Å². The molecule has 0 saturated carbocycles. The Kier molecular flexibility index (Phi) is 5.58. The maximum atomic E-state index is 9.64. The molecule has 0 radical (unpaired) electrons. The van der Waals surface area contributed by atoms with E-state index in [1.807, 2.05) is 6.26 Å². The van der Waals surface area contributed by atoms with Crippen LogP contribution in [-0.4, -0.2) is 27.6 Å². The molecule has 0 spiro atoms. The van der Waals surface area contributed by atoms with Gasteiger partial charge in [0.15, 0.2) is 16.5 Å². The van der Waals surface area contributed by atoms with Gasteiger partial charge in [0.1, 0.15) is 23.3 Å². The summed E-state index contributed by atoms with van der Waals surface area (Å²) in [5.74, 6) is 1.45. The molecule has 1 aromatic heterocycles. The van der Waals surface area contributed by atoms with Crippen LogP contribution < -0.4 is 24.9 Å². The SMILES string of the molecule is COc1cc(-c2c(C#N)c(N)[nH+]c(SC)c2C#N)cc(OC)c1OC. The van der Waals surface area contributed by atoms with Gasteiger partial charge in [0.2, 0.25) is 5.75 Å². The molecule has 2 aromatic rings. The van der Waals surface area contributed by atoms with E-state index in [1.54, 1.807) is 12.1 Å². The first-order valence-electron chi connectivity index (χ1n) is 7.09. The lowest BCUT2D eigenvalue weighted by atomic mass is 9.96. The van der Waals surface area contributed by atoms with Crippen molar-refractivity contribution in [1.29, 1.82) is 10.5 Å². The third kappa shape index (κ3) is 3.12. The molecule has 25 heavy (non-hydrogen) atoms. The number of nitrogens with two attached hydrogens (primary N) is 1. The molecule has 0 aliphatic rings. The van der Waals surface area contributed by atoms with E-state index < -0.39 is 0 Å². The number of benzene rings is 1. The van der Waals surface area contributed by atoms with Crippen LogP contribution in [0.15, 0.2) is 17.2 Å². The van der Waals surface area contributed by atoms with Gasteiger partial charge >= 0.3 is 0 Å². The second-order valence-electron chi connectivity index (χ2n) is 4.83. The number of H-pyrrole nitrogens is 1. The third-order valence-electron chi connectivity index (χ3n) is 3.63. The topological polar surface area (TPSA) is 115 Å². The molecule has 1 heterocycles. The molecule has 0 fully saturated rings. The largest absolute Gasteiger partial charge is 0.493 e. The number of anilines is 1. The van der Waals surface area contributed by atoms with E-state index >= 15 is 0 Å². The molecule has 1 aromatic carbocycles. The van der Waals surface area contributed by atoms with Gasteiger partial charge in [-0.05, 0) is 24.0 Å². The molecule has 0 bridgehead atoms. The standard InChI is InChI=1S/C17H16N4O3S/c1-22-12-5-9(6-13(23-2)15(12)24-3)14-10(7-18)16(20)21-17(25-4)11(14)8-19/h5-6H,1-4H3,(H2,20,21)/p+1.